The van der Waals surface area contributed by atoms with Gasteiger partial charge in [-0.05, 0) is 35.4 Å². The van der Waals surface area contributed by atoms with Crippen LogP contribution in [0, 0.1) is 0 Å². The molecule has 0 aliphatic heterocycles. The van der Waals surface area contributed by atoms with Gasteiger partial charge < -0.3 is 5.11 Å². The number of aromatic nitrogens is 1. The average Bonchev–Trinajstić information content (AvgIpc) is 2.59. The molecule has 0 saturated carbocycles. The van der Waals surface area contributed by atoms with Crippen LogP contribution in [0.1, 0.15) is 40.0 Å². The zero-order valence-corrected chi connectivity index (χ0v) is 13.2. The van der Waals surface area contributed by atoms with Gasteiger partial charge in [0.05, 0.1) is 11.1 Å². The second-order valence-electron chi connectivity index (χ2n) is 5.76. The first kappa shape index (κ1) is 17.0. The fourth-order valence-electron chi connectivity index (χ4n) is 2.80. The van der Waals surface area contributed by atoms with E-state index in [1.165, 1.54) is 12.1 Å². The molecule has 0 saturated heterocycles. The van der Waals surface area contributed by atoms with E-state index < -0.39 is 17.8 Å². The van der Waals surface area contributed by atoms with E-state index in [4.69, 9.17) is 5.11 Å². The molecule has 0 aliphatic carbocycles. The van der Waals surface area contributed by atoms with Crippen molar-refractivity contribution in [3.63, 3.8) is 0 Å². The molecule has 1 heterocycles. The van der Waals surface area contributed by atoms with Crippen molar-refractivity contribution in [1.29, 1.82) is 0 Å². The van der Waals surface area contributed by atoms with Gasteiger partial charge in [0.2, 0.25) is 0 Å². The number of fused-ring (bicyclic) bond motifs is 1. The van der Waals surface area contributed by atoms with Gasteiger partial charge in [-0.15, -0.1) is 0 Å². The van der Waals surface area contributed by atoms with Crippen LogP contribution in [0.2, 0.25) is 0 Å². The predicted octanol–water partition coefficient (Wildman–Crippen LogP) is 5.10. The van der Waals surface area contributed by atoms with Crippen molar-refractivity contribution in [1.82, 2.24) is 4.98 Å². The average molecular weight is 345 g/mol. The molecule has 0 aliphatic rings. The summed E-state index contributed by atoms with van der Waals surface area (Å²) in [6.45, 7) is 1.79. The lowest BCUT2D eigenvalue weighted by Crippen LogP contribution is -2.10. The first-order valence-corrected chi connectivity index (χ1v) is 7.57. The highest BCUT2D eigenvalue weighted by molar-refractivity contribution is 5.87. The number of nitrogens with zero attached hydrogens (tertiary/aromatic N) is 1. The molecule has 1 unspecified atom stereocenters. The summed E-state index contributed by atoms with van der Waals surface area (Å²) in [5.41, 5.74) is 0.707. The molecule has 1 aromatic heterocycles. The van der Waals surface area contributed by atoms with E-state index in [9.17, 15) is 18.0 Å². The number of carboxylic acid groups (broad SMARTS) is 1. The number of hydrogen-bond acceptors (Lipinski definition) is 2. The van der Waals surface area contributed by atoms with Gasteiger partial charge in [-0.25, -0.2) is 9.78 Å². The maximum absolute atomic E-state index is 13.2. The second-order valence-corrected chi connectivity index (χ2v) is 5.76. The summed E-state index contributed by atoms with van der Waals surface area (Å²) in [6, 6.07) is 13.9. The lowest BCUT2D eigenvalue weighted by atomic mass is 9.89. The molecule has 25 heavy (non-hydrogen) atoms. The molecule has 1 atom stereocenters. The van der Waals surface area contributed by atoms with Gasteiger partial charge in [-0.1, -0.05) is 37.3 Å². The number of hydrogen-bond donors (Lipinski definition) is 1. The van der Waals surface area contributed by atoms with Crippen LogP contribution in [0.3, 0.4) is 0 Å². The van der Waals surface area contributed by atoms with Crippen molar-refractivity contribution in [2.24, 2.45) is 0 Å². The molecule has 0 spiro atoms. The van der Waals surface area contributed by atoms with Gasteiger partial charge >= 0.3 is 12.1 Å². The largest absolute Gasteiger partial charge is 0.478 e. The third kappa shape index (κ3) is 3.33. The van der Waals surface area contributed by atoms with Crippen LogP contribution in [0.25, 0.3) is 10.9 Å². The van der Waals surface area contributed by atoms with Crippen molar-refractivity contribution in [2.75, 3.05) is 0 Å². The number of aromatic carboxylic acids is 1. The van der Waals surface area contributed by atoms with Gasteiger partial charge in [-0.3, -0.25) is 0 Å². The van der Waals surface area contributed by atoms with Crippen molar-refractivity contribution in [2.45, 2.75) is 19.0 Å². The van der Waals surface area contributed by atoms with Crippen molar-refractivity contribution in [3.05, 3.63) is 77.0 Å². The number of carboxylic acids is 1. The molecule has 2 aromatic carbocycles. The molecule has 0 fully saturated rings. The normalized spacial score (nSPS) is 13.0. The molecular weight excluding hydrogens is 331 g/mol. The third-order valence-electron chi connectivity index (χ3n) is 4.16. The molecule has 0 bridgehead atoms. The first-order chi connectivity index (χ1) is 11.8. The quantitative estimate of drug-likeness (QED) is 0.718. The summed E-state index contributed by atoms with van der Waals surface area (Å²) >= 11 is 0. The van der Waals surface area contributed by atoms with Crippen LogP contribution in [0.5, 0.6) is 0 Å². The van der Waals surface area contributed by atoms with Crippen LogP contribution in [-0.2, 0) is 6.18 Å². The number of para-hydroxylation sites is 1. The van der Waals surface area contributed by atoms with Gasteiger partial charge in [0, 0.05) is 11.3 Å². The van der Waals surface area contributed by atoms with Crippen LogP contribution in [0.15, 0.2) is 54.6 Å². The summed E-state index contributed by atoms with van der Waals surface area (Å²) in [5, 5.41) is 9.61. The Labute approximate surface area is 141 Å². The Hall–Kier alpha value is -2.89. The highest BCUT2D eigenvalue weighted by Crippen LogP contribution is 2.35. The molecule has 0 amide bonds. The van der Waals surface area contributed by atoms with Gasteiger partial charge in [0.1, 0.15) is 5.69 Å². The number of pyridine rings is 1. The standard InChI is InChI=1S/C19H14F3NO2/c1-11(12-6-8-13(9-7-12)18(24)25)15-10-17(19(20,21)22)23-16-5-3-2-4-14(15)16/h2-11H,1H3,(H,24,25). The molecule has 1 N–H and O–H groups in total. The molecule has 0 radical (unpaired) electrons. The maximum Gasteiger partial charge on any atom is 0.433 e. The van der Waals surface area contributed by atoms with Crippen molar-refractivity contribution < 1.29 is 23.1 Å². The maximum atomic E-state index is 13.2. The highest BCUT2D eigenvalue weighted by atomic mass is 19.4. The Morgan fingerprint density at radius 1 is 1.08 bits per heavy atom. The summed E-state index contributed by atoms with van der Waals surface area (Å²) in [7, 11) is 0. The van der Waals surface area contributed by atoms with Crippen LogP contribution in [0.4, 0.5) is 13.2 Å². The van der Waals surface area contributed by atoms with Crippen LogP contribution >= 0.6 is 0 Å². The minimum atomic E-state index is -4.54. The Bertz CT molecular complexity index is 934. The molecular formula is C19H14F3NO2. The molecule has 3 rings (SSSR count). The molecule has 6 heteroatoms. The van der Waals surface area contributed by atoms with Gasteiger partial charge in [-0.2, -0.15) is 13.2 Å². The smallest absolute Gasteiger partial charge is 0.433 e. The fourth-order valence-corrected chi connectivity index (χ4v) is 2.80. The Kier molecular flexibility index (Phi) is 4.20. The second kappa shape index (κ2) is 6.20. The number of benzene rings is 2. The molecule has 128 valence electrons. The van der Waals surface area contributed by atoms with E-state index in [1.807, 2.05) is 0 Å². The Morgan fingerprint density at radius 2 is 1.72 bits per heavy atom. The molecule has 3 nitrogen and oxygen atoms in total. The summed E-state index contributed by atoms with van der Waals surface area (Å²) < 4.78 is 39.5. The van der Waals surface area contributed by atoms with E-state index in [2.05, 4.69) is 4.98 Å². The zero-order valence-electron chi connectivity index (χ0n) is 13.2. The van der Waals surface area contributed by atoms with E-state index in [0.717, 1.165) is 11.6 Å². The Balaban J connectivity index is 2.14. The lowest BCUT2D eigenvalue weighted by molar-refractivity contribution is -0.141. The topological polar surface area (TPSA) is 50.2 Å². The van der Waals surface area contributed by atoms with Crippen LogP contribution in [-0.4, -0.2) is 16.1 Å². The molecule has 3 aromatic rings. The van der Waals surface area contributed by atoms with Gasteiger partial charge in [0.25, 0.3) is 0 Å². The van der Waals surface area contributed by atoms with Crippen molar-refractivity contribution >= 4 is 16.9 Å². The minimum Gasteiger partial charge on any atom is -0.478 e. The van der Waals surface area contributed by atoms with Crippen LogP contribution < -0.4 is 0 Å². The third-order valence-corrected chi connectivity index (χ3v) is 4.16. The SMILES string of the molecule is CC(c1ccc(C(=O)O)cc1)c1cc(C(F)(F)F)nc2ccccc12. The van der Waals surface area contributed by atoms with Crippen molar-refractivity contribution in [3.8, 4) is 0 Å². The lowest BCUT2D eigenvalue weighted by Gasteiger charge is -2.17. The summed E-state index contributed by atoms with van der Waals surface area (Å²) in [5.74, 6) is -1.40. The Morgan fingerprint density at radius 3 is 2.32 bits per heavy atom. The monoisotopic (exact) mass is 345 g/mol. The van der Waals surface area contributed by atoms with E-state index >= 15 is 0 Å². The number of carbonyl (C=O) groups is 1. The van der Waals surface area contributed by atoms with E-state index in [-0.39, 0.29) is 17.0 Å². The number of alkyl halides is 3. The first-order valence-electron chi connectivity index (χ1n) is 7.57. The van der Waals surface area contributed by atoms with E-state index in [1.54, 1.807) is 43.3 Å². The minimum absolute atomic E-state index is 0.131. The number of halogens is 3. The predicted molar refractivity (Wildman–Crippen MR) is 87.7 cm³/mol. The number of rotatable bonds is 3. The highest BCUT2D eigenvalue weighted by Gasteiger charge is 2.33. The van der Waals surface area contributed by atoms with E-state index in [0.29, 0.717) is 10.9 Å². The summed E-state index contributed by atoms with van der Waals surface area (Å²) in [4.78, 5) is 14.7. The summed E-state index contributed by atoms with van der Waals surface area (Å²) in [6.07, 6.45) is -4.54. The zero-order chi connectivity index (χ0) is 18.2. The van der Waals surface area contributed by atoms with Gasteiger partial charge in [0.15, 0.2) is 0 Å². The fraction of sp³-hybridized carbons (Fsp3) is 0.158.